The van der Waals surface area contributed by atoms with E-state index < -0.39 is 5.97 Å². The van der Waals surface area contributed by atoms with Crippen LogP contribution in [-0.4, -0.2) is 25.5 Å². The van der Waals surface area contributed by atoms with Crippen LogP contribution in [-0.2, 0) is 11.3 Å². The van der Waals surface area contributed by atoms with Crippen molar-refractivity contribution in [3.8, 4) is 0 Å². The molecule has 0 fully saturated rings. The summed E-state index contributed by atoms with van der Waals surface area (Å²) in [5.41, 5.74) is 6.74. The normalized spacial score (nSPS) is 12.0. The number of rotatable bonds is 7. The highest BCUT2D eigenvalue weighted by Crippen LogP contribution is 2.32. The lowest BCUT2D eigenvalue weighted by atomic mass is 10.1. The molecule has 0 radical (unpaired) electrons. The molecule has 2 aromatic heterocycles. The van der Waals surface area contributed by atoms with E-state index in [0.29, 0.717) is 10.4 Å². The summed E-state index contributed by atoms with van der Waals surface area (Å²) in [7, 11) is 1.53. The highest BCUT2D eigenvalue weighted by atomic mass is 32.1. The second kappa shape index (κ2) is 7.98. The zero-order valence-electron chi connectivity index (χ0n) is 13.8. The van der Waals surface area contributed by atoms with Crippen LogP contribution in [0.4, 0.5) is 5.00 Å². The van der Waals surface area contributed by atoms with Crippen LogP contribution >= 0.6 is 11.3 Å². The molecule has 24 heavy (non-hydrogen) atoms. The largest absolute Gasteiger partial charge is 0.468 e. The maximum atomic E-state index is 12.2. The Morgan fingerprint density at radius 3 is 2.79 bits per heavy atom. The van der Waals surface area contributed by atoms with E-state index in [1.165, 1.54) is 7.05 Å². The topological polar surface area (TPSA) is 107 Å². The van der Waals surface area contributed by atoms with E-state index >= 15 is 0 Å². The fourth-order valence-electron chi connectivity index (χ4n) is 2.27. The molecular weight excluding hydrogens is 330 g/mol. The molecule has 0 aliphatic rings. The van der Waals surface area contributed by atoms with Gasteiger partial charge in [0.2, 0.25) is 0 Å². The van der Waals surface area contributed by atoms with E-state index in [4.69, 9.17) is 14.9 Å². The second-order valence-electron chi connectivity index (χ2n) is 5.07. The van der Waals surface area contributed by atoms with Crippen molar-refractivity contribution in [2.45, 2.75) is 26.4 Å². The van der Waals surface area contributed by atoms with Gasteiger partial charge in [-0.05, 0) is 26.0 Å². The van der Waals surface area contributed by atoms with Gasteiger partial charge in [0.25, 0.3) is 5.91 Å². The number of carbonyl (C=O) groups excluding carboxylic acids is 2. The molecule has 0 spiro atoms. The average molecular weight is 351 g/mol. The summed E-state index contributed by atoms with van der Waals surface area (Å²) < 4.78 is 10.4. The molecule has 130 valence electrons. The van der Waals surface area contributed by atoms with Crippen LogP contribution in [0.3, 0.4) is 0 Å². The fourth-order valence-corrected chi connectivity index (χ4v) is 3.29. The van der Waals surface area contributed by atoms with Crippen LogP contribution in [0, 0.1) is 0 Å². The second-order valence-corrected chi connectivity index (χ2v) is 6.12. The van der Waals surface area contributed by atoms with Crippen molar-refractivity contribution >= 4 is 28.2 Å². The van der Waals surface area contributed by atoms with Gasteiger partial charge < -0.3 is 25.5 Å². The molecule has 2 aromatic rings. The molecule has 0 unspecified atom stereocenters. The van der Waals surface area contributed by atoms with Gasteiger partial charge in [-0.1, -0.05) is 0 Å². The van der Waals surface area contributed by atoms with Gasteiger partial charge in [-0.25, -0.2) is 4.79 Å². The smallest absolute Gasteiger partial charge is 0.341 e. The third-order valence-corrected chi connectivity index (χ3v) is 4.56. The highest BCUT2D eigenvalue weighted by molar-refractivity contribution is 7.18. The van der Waals surface area contributed by atoms with Gasteiger partial charge in [-0.3, -0.25) is 4.79 Å². The Kier molecular flexibility index (Phi) is 5.99. The van der Waals surface area contributed by atoms with Gasteiger partial charge >= 0.3 is 5.97 Å². The van der Waals surface area contributed by atoms with Gasteiger partial charge in [0, 0.05) is 19.2 Å². The quantitative estimate of drug-likeness (QED) is 0.661. The summed E-state index contributed by atoms with van der Waals surface area (Å²) in [6, 6.07) is 3.57. The predicted molar refractivity (Wildman–Crippen MR) is 92.0 cm³/mol. The molecular formula is C16H21N3O4S. The van der Waals surface area contributed by atoms with E-state index in [1.807, 2.05) is 13.0 Å². The molecule has 8 heteroatoms. The van der Waals surface area contributed by atoms with Gasteiger partial charge in [-0.2, -0.15) is 0 Å². The first-order valence-corrected chi connectivity index (χ1v) is 8.38. The van der Waals surface area contributed by atoms with Crippen molar-refractivity contribution < 1.29 is 18.7 Å². The lowest BCUT2D eigenvalue weighted by molar-refractivity contribution is 0.0526. The third-order valence-electron chi connectivity index (χ3n) is 3.50. The molecule has 0 saturated heterocycles. The number of nitrogens with two attached hydrogens (primary N) is 1. The van der Waals surface area contributed by atoms with Crippen LogP contribution in [0.5, 0.6) is 0 Å². The molecule has 0 bridgehead atoms. The van der Waals surface area contributed by atoms with E-state index in [1.54, 1.807) is 19.3 Å². The Bertz CT molecular complexity index is 709. The number of anilines is 1. The molecule has 2 heterocycles. The van der Waals surface area contributed by atoms with Crippen LogP contribution in [0.1, 0.15) is 51.2 Å². The Hall–Kier alpha value is -2.32. The van der Waals surface area contributed by atoms with Gasteiger partial charge in [0.05, 0.1) is 29.4 Å². The minimum absolute atomic E-state index is 0.0892. The van der Waals surface area contributed by atoms with Crippen LogP contribution in [0.25, 0.3) is 0 Å². The number of furan rings is 1. The lowest BCUT2D eigenvalue weighted by Gasteiger charge is -2.13. The summed E-state index contributed by atoms with van der Waals surface area (Å²) in [4.78, 5) is 24.7. The molecule has 7 nitrogen and oxygen atoms in total. The standard InChI is InChI=1S/C16H21N3O4S/c1-4-22-16(21)12-10(13(15(20)18-3)24-14(12)17)8-19-9(2)11-6-5-7-23-11/h5-7,9,19H,4,8,17H2,1-3H3,(H,18,20)/t9-/m1/s1. The van der Waals surface area contributed by atoms with Gasteiger partial charge in [0.1, 0.15) is 10.8 Å². The molecule has 1 atom stereocenters. The number of carbonyl (C=O) groups is 2. The number of thiophene rings is 1. The van der Waals surface area contributed by atoms with E-state index in [0.717, 1.165) is 17.1 Å². The van der Waals surface area contributed by atoms with Crippen LogP contribution < -0.4 is 16.4 Å². The molecule has 0 aliphatic carbocycles. The number of ether oxygens (including phenoxy) is 1. The maximum Gasteiger partial charge on any atom is 0.341 e. The fraction of sp³-hybridized carbons (Fsp3) is 0.375. The Morgan fingerprint density at radius 2 is 2.21 bits per heavy atom. The van der Waals surface area contributed by atoms with Crippen molar-refractivity contribution in [3.05, 3.63) is 40.2 Å². The number of hydrogen-bond acceptors (Lipinski definition) is 7. The average Bonchev–Trinajstić information content (AvgIpc) is 3.20. The number of nitrogen functional groups attached to an aromatic ring is 1. The first kappa shape index (κ1) is 18.0. The lowest BCUT2D eigenvalue weighted by Crippen LogP contribution is -2.23. The summed E-state index contributed by atoms with van der Waals surface area (Å²) in [5, 5.41) is 6.08. The number of esters is 1. The van der Waals surface area contributed by atoms with Crippen molar-refractivity contribution in [2.75, 3.05) is 19.4 Å². The van der Waals surface area contributed by atoms with E-state index in [9.17, 15) is 9.59 Å². The van der Waals surface area contributed by atoms with E-state index in [-0.39, 0.29) is 35.7 Å². The number of amides is 1. The first-order chi connectivity index (χ1) is 11.5. The Labute approximate surface area is 144 Å². The molecule has 1 amide bonds. The minimum atomic E-state index is -0.524. The van der Waals surface area contributed by atoms with Crippen LogP contribution in [0.15, 0.2) is 22.8 Å². The third kappa shape index (κ3) is 3.77. The van der Waals surface area contributed by atoms with Crippen molar-refractivity contribution in [1.82, 2.24) is 10.6 Å². The van der Waals surface area contributed by atoms with Crippen LogP contribution in [0.2, 0.25) is 0 Å². The summed E-state index contributed by atoms with van der Waals surface area (Å²) in [5.74, 6) is -0.0501. The summed E-state index contributed by atoms with van der Waals surface area (Å²) >= 11 is 1.08. The summed E-state index contributed by atoms with van der Waals surface area (Å²) in [6.07, 6.45) is 1.59. The SMILES string of the molecule is CCOC(=O)c1c(N)sc(C(=O)NC)c1CN[C@H](C)c1ccco1. The first-order valence-electron chi connectivity index (χ1n) is 7.56. The number of hydrogen-bond donors (Lipinski definition) is 3. The number of nitrogens with one attached hydrogen (secondary N) is 2. The maximum absolute atomic E-state index is 12.2. The molecule has 4 N–H and O–H groups in total. The zero-order chi connectivity index (χ0) is 17.7. The monoisotopic (exact) mass is 351 g/mol. The predicted octanol–water partition coefficient (Wildman–Crippen LogP) is 2.31. The zero-order valence-corrected chi connectivity index (χ0v) is 14.7. The minimum Gasteiger partial charge on any atom is -0.468 e. The highest BCUT2D eigenvalue weighted by Gasteiger charge is 2.26. The molecule has 0 aromatic carbocycles. The molecule has 2 rings (SSSR count). The van der Waals surface area contributed by atoms with Crippen molar-refractivity contribution in [3.63, 3.8) is 0 Å². The molecule has 0 aliphatic heterocycles. The van der Waals surface area contributed by atoms with Crippen molar-refractivity contribution in [2.24, 2.45) is 0 Å². The Morgan fingerprint density at radius 1 is 1.46 bits per heavy atom. The van der Waals surface area contributed by atoms with Gasteiger partial charge in [-0.15, -0.1) is 11.3 Å². The summed E-state index contributed by atoms with van der Waals surface area (Å²) in [6.45, 7) is 4.17. The van der Waals surface area contributed by atoms with E-state index in [2.05, 4.69) is 10.6 Å². The van der Waals surface area contributed by atoms with Gasteiger partial charge in [0.15, 0.2) is 0 Å². The van der Waals surface area contributed by atoms with Crippen molar-refractivity contribution in [1.29, 1.82) is 0 Å². The Balaban J connectivity index is 2.30. The molecule has 0 saturated carbocycles.